The molecule has 0 saturated heterocycles. The molecule has 0 heterocycles. The zero-order valence-corrected chi connectivity index (χ0v) is 13.9. The van der Waals surface area contributed by atoms with Crippen molar-refractivity contribution in [2.75, 3.05) is 19.8 Å². The number of rotatable bonds is 7. The summed E-state index contributed by atoms with van der Waals surface area (Å²) in [6.07, 6.45) is -0.0665. The maximum Gasteiger partial charge on any atom is 1.00 e. The van der Waals surface area contributed by atoms with Crippen molar-refractivity contribution >= 4 is 17.9 Å². The molecule has 0 fully saturated rings. The first-order valence-electron chi connectivity index (χ1n) is 4.65. The Labute approximate surface area is 139 Å². The summed E-state index contributed by atoms with van der Waals surface area (Å²) in [5, 5.41) is -0.598. The molecule has 0 N–H and O–H groups in total. The Bertz CT molecular complexity index is 166. The summed E-state index contributed by atoms with van der Waals surface area (Å²) >= 11 is 3.49. The fraction of sp³-hybridized carbons (Fsp3) is 0.889. The van der Waals surface area contributed by atoms with Crippen LogP contribution < -0.4 is 51.4 Å². The van der Waals surface area contributed by atoms with Gasteiger partial charge < -0.3 is 14.2 Å². The van der Waals surface area contributed by atoms with E-state index in [-0.39, 0.29) is 70.2 Å². The van der Waals surface area contributed by atoms with Crippen LogP contribution in [0.1, 0.15) is 20.8 Å². The molecule has 0 bridgehead atoms. The molecule has 0 aromatic heterocycles. The van der Waals surface area contributed by atoms with Gasteiger partial charge in [0.25, 0.3) is 0 Å². The van der Waals surface area contributed by atoms with Crippen molar-refractivity contribution in [2.24, 2.45) is 0 Å². The molecule has 0 rings (SSSR count). The van der Waals surface area contributed by atoms with Crippen molar-refractivity contribution in [1.29, 1.82) is 0 Å². The van der Waals surface area contributed by atoms with Crippen molar-refractivity contribution in [1.82, 2.24) is 0 Å². The van der Waals surface area contributed by atoms with E-state index in [9.17, 15) is 4.79 Å². The van der Waals surface area contributed by atoms with Crippen LogP contribution >= 0.6 is 12.6 Å². The molecular weight excluding hydrogens is 243 g/mol. The van der Waals surface area contributed by atoms with Crippen LogP contribution in [0.4, 0.5) is 4.79 Å². The molecule has 84 valence electrons. The van der Waals surface area contributed by atoms with Crippen LogP contribution in [0.3, 0.4) is 0 Å². The van der Waals surface area contributed by atoms with Gasteiger partial charge in [0.1, 0.15) is 12.7 Å². The van der Waals surface area contributed by atoms with E-state index in [0.29, 0.717) is 13.2 Å². The van der Waals surface area contributed by atoms with Crippen LogP contribution in [-0.2, 0) is 14.2 Å². The van der Waals surface area contributed by atoms with Crippen molar-refractivity contribution in [3.8, 4) is 0 Å². The van der Waals surface area contributed by atoms with Gasteiger partial charge in [0, 0.05) is 6.61 Å². The van der Waals surface area contributed by atoms with E-state index in [1.54, 1.807) is 0 Å². The summed E-state index contributed by atoms with van der Waals surface area (Å²) in [5.74, 6) is 0. The van der Waals surface area contributed by atoms with Gasteiger partial charge in [-0.15, -0.1) is 0 Å². The average molecular weight is 261 g/mol. The minimum Gasteiger partial charge on any atom is -0.455 e. The summed E-state index contributed by atoms with van der Waals surface area (Å²) in [7, 11) is 0. The van der Waals surface area contributed by atoms with Crippen molar-refractivity contribution in [2.45, 2.75) is 33.0 Å². The van der Waals surface area contributed by atoms with Crippen LogP contribution in [-0.4, -0.2) is 37.3 Å². The minimum atomic E-state index is -0.598. The molecule has 6 heteroatoms. The van der Waals surface area contributed by atoms with E-state index in [1.165, 1.54) is 0 Å². The largest absolute Gasteiger partial charge is 1.00 e. The molecule has 0 aliphatic heterocycles. The van der Waals surface area contributed by atoms with Gasteiger partial charge in [0.15, 0.2) is 0 Å². The summed E-state index contributed by atoms with van der Waals surface area (Å²) in [5.41, 5.74) is 0. The van der Waals surface area contributed by atoms with Gasteiger partial charge in [-0.05, 0) is 20.8 Å². The molecule has 0 aromatic rings. The second-order valence-electron chi connectivity index (χ2n) is 3.04. The standard InChI is InChI=1S/C9H18O4S.K/c1-4-11-8(5-12-7(2)3)6-13-9(10)14;/h7-8H,4-6H2,1-3H3,(H,10,14);/q;+1. The fourth-order valence-electron chi connectivity index (χ4n) is 0.844. The monoisotopic (exact) mass is 261 g/mol. The second-order valence-corrected chi connectivity index (χ2v) is 3.40. The van der Waals surface area contributed by atoms with E-state index >= 15 is 0 Å². The van der Waals surface area contributed by atoms with Crippen LogP contribution in [0.2, 0.25) is 0 Å². The van der Waals surface area contributed by atoms with Crippen LogP contribution in [0, 0.1) is 0 Å². The number of hydrogen-bond acceptors (Lipinski definition) is 4. The molecule has 1 unspecified atom stereocenters. The quantitative estimate of drug-likeness (QED) is 0.358. The summed E-state index contributed by atoms with van der Waals surface area (Å²) in [6.45, 7) is 6.93. The summed E-state index contributed by atoms with van der Waals surface area (Å²) in [6, 6.07) is 0. The van der Waals surface area contributed by atoms with Crippen LogP contribution in [0.25, 0.3) is 0 Å². The molecule has 15 heavy (non-hydrogen) atoms. The first kappa shape index (κ1) is 18.7. The van der Waals surface area contributed by atoms with Gasteiger partial charge in [0.2, 0.25) is 0 Å². The fourth-order valence-corrected chi connectivity index (χ4v) is 0.919. The Morgan fingerprint density at radius 1 is 1.27 bits per heavy atom. The Balaban J connectivity index is 0. The van der Waals surface area contributed by atoms with E-state index in [1.807, 2.05) is 20.8 Å². The van der Waals surface area contributed by atoms with Gasteiger partial charge in [-0.1, -0.05) is 12.6 Å². The Morgan fingerprint density at radius 2 is 1.87 bits per heavy atom. The molecule has 0 radical (unpaired) electrons. The van der Waals surface area contributed by atoms with Gasteiger partial charge in [0.05, 0.1) is 12.7 Å². The summed E-state index contributed by atoms with van der Waals surface area (Å²) in [4.78, 5) is 10.4. The molecule has 0 saturated carbocycles. The number of carbonyl (C=O) groups excluding carboxylic acids is 1. The molecule has 0 aliphatic rings. The maximum absolute atomic E-state index is 10.4. The van der Waals surface area contributed by atoms with Crippen molar-refractivity contribution in [3.05, 3.63) is 0 Å². The van der Waals surface area contributed by atoms with E-state index in [2.05, 4.69) is 12.6 Å². The topological polar surface area (TPSA) is 44.8 Å². The second kappa shape index (κ2) is 11.8. The maximum atomic E-state index is 10.4. The van der Waals surface area contributed by atoms with Crippen molar-refractivity contribution in [3.63, 3.8) is 0 Å². The third-order valence-corrected chi connectivity index (χ3v) is 1.54. The number of carbonyl (C=O) groups is 1. The number of hydrogen-bond donors (Lipinski definition) is 1. The zero-order chi connectivity index (χ0) is 11.0. The Kier molecular flexibility index (Phi) is 14.8. The van der Waals surface area contributed by atoms with Gasteiger partial charge in [-0.25, -0.2) is 4.79 Å². The number of ether oxygens (including phenoxy) is 3. The summed E-state index contributed by atoms with van der Waals surface area (Å²) < 4.78 is 15.4. The SMILES string of the molecule is CCOC(COC(=O)S)COC(C)C.[K+]. The normalized spacial score (nSPS) is 12.1. The van der Waals surface area contributed by atoms with Gasteiger partial charge in [-0.2, -0.15) is 0 Å². The minimum absolute atomic E-state index is 0. The number of thiol groups is 1. The predicted molar refractivity (Wildman–Crippen MR) is 56.8 cm³/mol. The van der Waals surface area contributed by atoms with Gasteiger partial charge >= 0.3 is 56.7 Å². The van der Waals surface area contributed by atoms with Crippen molar-refractivity contribution < 1.29 is 70.4 Å². The Morgan fingerprint density at radius 3 is 2.27 bits per heavy atom. The third-order valence-electron chi connectivity index (χ3n) is 1.41. The van der Waals surface area contributed by atoms with E-state index in [0.717, 1.165) is 0 Å². The first-order valence-corrected chi connectivity index (χ1v) is 5.09. The average Bonchev–Trinajstić information content (AvgIpc) is 2.09. The molecular formula is C9H18KO4S+. The molecule has 1 atom stereocenters. The predicted octanol–water partition coefficient (Wildman–Crippen LogP) is -1.11. The molecule has 0 aliphatic carbocycles. The van der Waals surface area contributed by atoms with E-state index in [4.69, 9.17) is 14.2 Å². The first-order chi connectivity index (χ1) is 6.56. The molecule has 0 aromatic carbocycles. The van der Waals surface area contributed by atoms with Crippen LogP contribution in [0.15, 0.2) is 0 Å². The smallest absolute Gasteiger partial charge is 0.455 e. The van der Waals surface area contributed by atoms with E-state index < -0.39 is 5.30 Å². The molecule has 4 nitrogen and oxygen atoms in total. The molecule has 0 spiro atoms. The van der Waals surface area contributed by atoms with Crippen LogP contribution in [0.5, 0.6) is 0 Å². The third kappa shape index (κ3) is 13.3. The van der Waals surface area contributed by atoms with Gasteiger partial charge in [-0.3, -0.25) is 0 Å². The Hall–Kier alpha value is 1.38. The molecule has 0 amide bonds. The zero-order valence-electron chi connectivity index (χ0n) is 9.86.